The maximum absolute atomic E-state index is 12.4. The normalized spacial score (nSPS) is 12.0. The van der Waals surface area contributed by atoms with Crippen molar-refractivity contribution in [3.05, 3.63) is 77.9 Å². The van der Waals surface area contributed by atoms with Crippen molar-refractivity contribution in [3.63, 3.8) is 0 Å². The third-order valence-electron chi connectivity index (χ3n) is 5.42. The van der Waals surface area contributed by atoms with Crippen LogP contribution in [0.4, 0.5) is 5.69 Å². The summed E-state index contributed by atoms with van der Waals surface area (Å²) in [5.74, 6) is 0.971. The highest BCUT2D eigenvalue weighted by Crippen LogP contribution is 2.23. The minimum Gasteiger partial charge on any atom is -0.484 e. The highest BCUT2D eigenvalue weighted by atomic mass is 16.5. The molecule has 158 valence electrons. The third kappa shape index (κ3) is 4.74. The molecule has 4 rings (SSSR count). The molecule has 0 saturated carbocycles. The lowest BCUT2D eigenvalue weighted by atomic mass is 9.99. The lowest BCUT2D eigenvalue weighted by molar-refractivity contribution is -0.118. The zero-order chi connectivity index (χ0) is 21.8. The average molecular weight is 415 g/mol. The van der Waals surface area contributed by atoms with Crippen molar-refractivity contribution < 1.29 is 9.53 Å². The molecule has 1 aromatic heterocycles. The van der Waals surface area contributed by atoms with Crippen molar-refractivity contribution in [1.29, 1.82) is 0 Å². The van der Waals surface area contributed by atoms with E-state index in [1.807, 2.05) is 61.5 Å². The number of aryl methyl sites for hydroxylation is 1. The van der Waals surface area contributed by atoms with Crippen LogP contribution in [-0.4, -0.2) is 27.5 Å². The van der Waals surface area contributed by atoms with Crippen molar-refractivity contribution in [2.24, 2.45) is 0 Å². The van der Waals surface area contributed by atoms with Gasteiger partial charge in [0.15, 0.2) is 6.61 Å². The van der Waals surface area contributed by atoms with E-state index < -0.39 is 0 Å². The minimum atomic E-state index is -0.219. The molecular weight excluding hydrogens is 388 g/mol. The predicted octanol–water partition coefficient (Wildman–Crippen LogP) is 5.26. The Morgan fingerprint density at radius 3 is 2.39 bits per heavy atom. The molecule has 0 saturated heterocycles. The van der Waals surface area contributed by atoms with Crippen molar-refractivity contribution in [3.8, 4) is 11.4 Å². The Morgan fingerprint density at radius 1 is 1.03 bits per heavy atom. The molecule has 0 aliphatic heterocycles. The second-order valence-corrected chi connectivity index (χ2v) is 7.70. The van der Waals surface area contributed by atoms with Crippen LogP contribution >= 0.6 is 0 Å². The Kier molecular flexibility index (Phi) is 5.98. The summed E-state index contributed by atoms with van der Waals surface area (Å²) in [5, 5.41) is 12.0. The van der Waals surface area contributed by atoms with Gasteiger partial charge in [-0.1, -0.05) is 44.2 Å². The lowest BCUT2D eigenvalue weighted by Crippen LogP contribution is -2.20. The summed E-state index contributed by atoms with van der Waals surface area (Å²) in [7, 11) is 0. The molecule has 1 heterocycles. The van der Waals surface area contributed by atoms with E-state index >= 15 is 0 Å². The number of ether oxygens (including phenoxy) is 1. The summed E-state index contributed by atoms with van der Waals surface area (Å²) in [6.45, 7) is 6.24. The van der Waals surface area contributed by atoms with Crippen LogP contribution in [0.1, 0.15) is 37.3 Å². The van der Waals surface area contributed by atoms with Crippen LogP contribution in [0.5, 0.6) is 5.75 Å². The monoisotopic (exact) mass is 414 g/mol. The van der Waals surface area contributed by atoms with Gasteiger partial charge < -0.3 is 10.1 Å². The number of carbonyl (C=O) groups excluding carboxylic acids is 1. The molecule has 3 aromatic carbocycles. The second-order valence-electron chi connectivity index (χ2n) is 7.70. The number of para-hydroxylation sites is 1. The number of anilines is 1. The number of benzene rings is 3. The van der Waals surface area contributed by atoms with E-state index in [1.54, 1.807) is 4.80 Å². The molecule has 6 nitrogen and oxygen atoms in total. The Balaban J connectivity index is 1.43. The van der Waals surface area contributed by atoms with E-state index in [9.17, 15) is 4.79 Å². The number of hydrogen-bond acceptors (Lipinski definition) is 4. The van der Waals surface area contributed by atoms with Crippen molar-refractivity contribution in [1.82, 2.24) is 15.0 Å². The highest BCUT2D eigenvalue weighted by Gasteiger charge is 2.11. The van der Waals surface area contributed by atoms with Crippen LogP contribution in [0.2, 0.25) is 0 Å². The second kappa shape index (κ2) is 9.00. The van der Waals surface area contributed by atoms with Gasteiger partial charge in [-0.25, -0.2) is 0 Å². The van der Waals surface area contributed by atoms with E-state index in [0.717, 1.165) is 23.2 Å². The number of aromatic nitrogens is 3. The number of hydrogen-bond donors (Lipinski definition) is 1. The maximum Gasteiger partial charge on any atom is 0.262 e. The fourth-order valence-corrected chi connectivity index (χ4v) is 3.34. The lowest BCUT2D eigenvalue weighted by Gasteiger charge is -2.11. The van der Waals surface area contributed by atoms with Gasteiger partial charge in [0.1, 0.15) is 16.8 Å². The maximum atomic E-state index is 12.4. The summed E-state index contributed by atoms with van der Waals surface area (Å²) in [5.41, 5.74) is 5.26. The fourth-order valence-electron chi connectivity index (χ4n) is 3.34. The molecule has 0 bridgehead atoms. The predicted molar refractivity (Wildman–Crippen MR) is 123 cm³/mol. The van der Waals surface area contributed by atoms with Crippen LogP contribution in [-0.2, 0) is 4.79 Å². The first kappa shape index (κ1) is 20.6. The Labute approximate surface area is 181 Å². The van der Waals surface area contributed by atoms with Gasteiger partial charge in [0.2, 0.25) is 0 Å². The molecule has 1 unspecified atom stereocenters. The number of nitrogens with one attached hydrogen (secondary N) is 1. The largest absolute Gasteiger partial charge is 0.484 e. The minimum absolute atomic E-state index is 0.0587. The van der Waals surface area contributed by atoms with Gasteiger partial charge in [0.05, 0.1) is 5.69 Å². The first-order chi connectivity index (χ1) is 15.0. The molecular formula is C25H26N4O2. The van der Waals surface area contributed by atoms with E-state index in [2.05, 4.69) is 41.5 Å². The van der Waals surface area contributed by atoms with Crippen LogP contribution in [0.25, 0.3) is 16.7 Å². The van der Waals surface area contributed by atoms with Gasteiger partial charge in [0.25, 0.3) is 5.91 Å². The Morgan fingerprint density at radius 2 is 1.71 bits per heavy atom. The molecule has 0 fully saturated rings. The quantitative estimate of drug-likeness (QED) is 0.448. The van der Waals surface area contributed by atoms with Gasteiger partial charge in [-0.2, -0.15) is 4.80 Å². The van der Waals surface area contributed by atoms with Crippen molar-refractivity contribution in [2.45, 2.75) is 33.1 Å². The number of amides is 1. The van der Waals surface area contributed by atoms with Crippen LogP contribution in [0.3, 0.4) is 0 Å². The first-order valence-electron chi connectivity index (χ1n) is 10.5. The number of rotatable bonds is 7. The van der Waals surface area contributed by atoms with E-state index in [1.165, 1.54) is 5.56 Å². The molecule has 4 aromatic rings. The van der Waals surface area contributed by atoms with E-state index in [4.69, 9.17) is 4.74 Å². The van der Waals surface area contributed by atoms with Crippen molar-refractivity contribution >= 4 is 22.6 Å². The molecule has 31 heavy (non-hydrogen) atoms. The zero-order valence-electron chi connectivity index (χ0n) is 18.0. The topological polar surface area (TPSA) is 69.0 Å². The summed E-state index contributed by atoms with van der Waals surface area (Å²) >= 11 is 0. The van der Waals surface area contributed by atoms with Gasteiger partial charge in [-0.15, -0.1) is 10.2 Å². The van der Waals surface area contributed by atoms with Crippen molar-refractivity contribution in [2.75, 3.05) is 11.9 Å². The van der Waals surface area contributed by atoms with Gasteiger partial charge in [-0.05, 0) is 66.8 Å². The Hall–Kier alpha value is -3.67. The molecule has 1 atom stereocenters. The zero-order valence-corrected chi connectivity index (χ0v) is 18.0. The fraction of sp³-hybridized carbons (Fsp3) is 0.240. The third-order valence-corrected chi connectivity index (χ3v) is 5.42. The summed E-state index contributed by atoms with van der Waals surface area (Å²) in [6.07, 6.45) is 1.09. The number of fused-ring (bicyclic) bond motifs is 1. The van der Waals surface area contributed by atoms with E-state index in [0.29, 0.717) is 22.9 Å². The highest BCUT2D eigenvalue weighted by molar-refractivity contribution is 5.95. The smallest absolute Gasteiger partial charge is 0.262 e. The van der Waals surface area contributed by atoms with Gasteiger partial charge in [0, 0.05) is 5.69 Å². The SMILES string of the molecule is CCC(C)c1ccc(OCC(=O)Nc2cc3nn(-c4ccccc4)nc3cc2C)cc1. The average Bonchev–Trinajstić information content (AvgIpc) is 3.21. The van der Waals surface area contributed by atoms with E-state index in [-0.39, 0.29) is 12.5 Å². The molecule has 1 amide bonds. The number of nitrogens with zero attached hydrogens (tertiary/aromatic N) is 3. The molecule has 0 radical (unpaired) electrons. The van der Waals surface area contributed by atoms with Gasteiger partial charge >= 0.3 is 0 Å². The van der Waals surface area contributed by atoms with Crippen LogP contribution in [0.15, 0.2) is 66.7 Å². The van der Waals surface area contributed by atoms with Crippen LogP contribution < -0.4 is 10.1 Å². The Bertz CT molecular complexity index is 1180. The molecule has 0 aliphatic rings. The number of carbonyl (C=O) groups is 1. The first-order valence-corrected chi connectivity index (χ1v) is 10.5. The summed E-state index contributed by atoms with van der Waals surface area (Å²) in [4.78, 5) is 14.0. The molecule has 0 aliphatic carbocycles. The molecule has 6 heteroatoms. The van der Waals surface area contributed by atoms with Gasteiger partial charge in [-0.3, -0.25) is 4.79 Å². The van der Waals surface area contributed by atoms with Crippen LogP contribution in [0, 0.1) is 6.92 Å². The summed E-state index contributed by atoms with van der Waals surface area (Å²) in [6, 6.07) is 21.4. The molecule has 0 spiro atoms. The standard InChI is InChI=1S/C25H26N4O2/c1-4-17(2)19-10-12-21(13-11-19)31-16-25(30)26-22-15-24-23(14-18(22)3)27-29(28-24)20-8-6-5-7-9-20/h5-15,17H,4,16H2,1-3H3,(H,26,30). The summed E-state index contributed by atoms with van der Waals surface area (Å²) < 4.78 is 5.65. The molecule has 1 N–H and O–H groups in total.